The summed E-state index contributed by atoms with van der Waals surface area (Å²) >= 11 is 1.58. The standard InChI is InChI=1S/C15H20N4O2S/c1-10-7-11(2)21-14(10)15(20)17-12-3-5-19(6-4-12)8-13-18-16-9-22-13/h7,9,12H,3-6,8H2,1-2H3,(H,17,20). The van der Waals surface area contributed by atoms with Crippen LogP contribution in [0.4, 0.5) is 0 Å². The lowest BCUT2D eigenvalue weighted by Crippen LogP contribution is -2.44. The molecule has 3 heterocycles. The number of likely N-dealkylation sites (tertiary alicyclic amines) is 1. The fourth-order valence-corrected chi connectivity index (χ4v) is 3.38. The molecule has 1 aliphatic rings. The molecule has 0 radical (unpaired) electrons. The van der Waals surface area contributed by atoms with Crippen molar-refractivity contribution < 1.29 is 9.21 Å². The van der Waals surface area contributed by atoms with Crippen molar-refractivity contribution in [3.8, 4) is 0 Å². The Kier molecular flexibility index (Phi) is 4.54. The van der Waals surface area contributed by atoms with Crippen LogP contribution in [0.5, 0.6) is 0 Å². The van der Waals surface area contributed by atoms with Gasteiger partial charge in [0.15, 0.2) is 5.76 Å². The van der Waals surface area contributed by atoms with E-state index in [1.165, 1.54) is 0 Å². The molecule has 1 aliphatic heterocycles. The normalized spacial score (nSPS) is 16.8. The lowest BCUT2D eigenvalue weighted by molar-refractivity contribution is 0.0879. The summed E-state index contributed by atoms with van der Waals surface area (Å²) in [5, 5.41) is 12.1. The van der Waals surface area contributed by atoms with Gasteiger partial charge in [0, 0.05) is 24.7 Å². The van der Waals surface area contributed by atoms with E-state index in [0.717, 1.165) is 48.8 Å². The van der Waals surface area contributed by atoms with E-state index in [4.69, 9.17) is 4.42 Å². The molecule has 3 rings (SSSR count). The molecule has 0 unspecified atom stereocenters. The summed E-state index contributed by atoms with van der Waals surface area (Å²) in [6, 6.07) is 2.10. The van der Waals surface area contributed by atoms with Gasteiger partial charge in [0.25, 0.3) is 5.91 Å². The highest BCUT2D eigenvalue weighted by Crippen LogP contribution is 2.17. The van der Waals surface area contributed by atoms with Crippen molar-refractivity contribution in [2.24, 2.45) is 0 Å². The first-order valence-electron chi connectivity index (χ1n) is 7.47. The minimum absolute atomic E-state index is 0.104. The van der Waals surface area contributed by atoms with Gasteiger partial charge in [0.1, 0.15) is 16.3 Å². The number of aromatic nitrogens is 2. The van der Waals surface area contributed by atoms with Crippen LogP contribution in [0.2, 0.25) is 0 Å². The summed E-state index contributed by atoms with van der Waals surface area (Å²) in [6.45, 7) is 6.52. The Balaban J connectivity index is 1.49. The zero-order valence-electron chi connectivity index (χ0n) is 12.8. The molecule has 22 heavy (non-hydrogen) atoms. The highest BCUT2D eigenvalue weighted by Gasteiger charge is 2.23. The Morgan fingerprint density at radius 2 is 2.23 bits per heavy atom. The number of carbonyl (C=O) groups is 1. The maximum absolute atomic E-state index is 12.2. The predicted octanol–water partition coefficient (Wildman–Crippen LogP) is 2.14. The van der Waals surface area contributed by atoms with Gasteiger partial charge >= 0.3 is 0 Å². The van der Waals surface area contributed by atoms with E-state index in [1.54, 1.807) is 16.8 Å². The predicted molar refractivity (Wildman–Crippen MR) is 83.9 cm³/mol. The van der Waals surface area contributed by atoms with Crippen LogP contribution in [0.1, 0.15) is 39.7 Å². The molecule has 1 saturated heterocycles. The molecule has 1 N–H and O–H groups in total. The van der Waals surface area contributed by atoms with Crippen LogP contribution >= 0.6 is 11.3 Å². The summed E-state index contributed by atoms with van der Waals surface area (Å²) < 4.78 is 5.47. The van der Waals surface area contributed by atoms with E-state index >= 15 is 0 Å². The topological polar surface area (TPSA) is 71.3 Å². The van der Waals surface area contributed by atoms with E-state index < -0.39 is 0 Å². The third kappa shape index (κ3) is 3.53. The van der Waals surface area contributed by atoms with Crippen molar-refractivity contribution in [3.63, 3.8) is 0 Å². The Labute approximate surface area is 133 Å². The van der Waals surface area contributed by atoms with Gasteiger partial charge in [0.2, 0.25) is 0 Å². The largest absolute Gasteiger partial charge is 0.456 e. The first-order chi connectivity index (χ1) is 10.6. The van der Waals surface area contributed by atoms with Crippen molar-refractivity contribution >= 4 is 17.2 Å². The summed E-state index contributed by atoms with van der Waals surface area (Å²) in [6.07, 6.45) is 1.90. The lowest BCUT2D eigenvalue weighted by atomic mass is 10.0. The van der Waals surface area contributed by atoms with Gasteiger partial charge in [-0.1, -0.05) is 0 Å². The van der Waals surface area contributed by atoms with Crippen molar-refractivity contribution in [1.29, 1.82) is 0 Å². The minimum atomic E-state index is -0.104. The van der Waals surface area contributed by atoms with E-state index in [-0.39, 0.29) is 11.9 Å². The first kappa shape index (κ1) is 15.2. The van der Waals surface area contributed by atoms with E-state index in [9.17, 15) is 4.79 Å². The second-order valence-electron chi connectivity index (χ2n) is 5.73. The Morgan fingerprint density at radius 3 is 2.82 bits per heavy atom. The van der Waals surface area contributed by atoms with Gasteiger partial charge < -0.3 is 9.73 Å². The van der Waals surface area contributed by atoms with Crippen LogP contribution in [-0.2, 0) is 6.54 Å². The Bertz CT molecular complexity index is 630. The Morgan fingerprint density at radius 1 is 1.45 bits per heavy atom. The van der Waals surface area contributed by atoms with Crippen LogP contribution in [0, 0.1) is 13.8 Å². The second-order valence-corrected chi connectivity index (χ2v) is 6.64. The molecule has 2 aromatic heterocycles. The van der Waals surface area contributed by atoms with Crippen molar-refractivity contribution in [1.82, 2.24) is 20.4 Å². The van der Waals surface area contributed by atoms with Crippen LogP contribution in [0.15, 0.2) is 16.0 Å². The number of rotatable bonds is 4. The van der Waals surface area contributed by atoms with E-state index in [1.807, 2.05) is 19.9 Å². The van der Waals surface area contributed by atoms with Crippen molar-refractivity contribution in [2.45, 2.75) is 39.3 Å². The molecule has 0 atom stereocenters. The number of hydrogen-bond acceptors (Lipinski definition) is 6. The second kappa shape index (κ2) is 6.58. The van der Waals surface area contributed by atoms with Gasteiger partial charge in [-0.05, 0) is 32.8 Å². The molecule has 0 saturated carbocycles. The first-order valence-corrected chi connectivity index (χ1v) is 8.35. The zero-order valence-corrected chi connectivity index (χ0v) is 13.7. The van der Waals surface area contributed by atoms with Crippen LogP contribution < -0.4 is 5.32 Å². The number of hydrogen-bond donors (Lipinski definition) is 1. The monoisotopic (exact) mass is 320 g/mol. The quantitative estimate of drug-likeness (QED) is 0.934. The number of carbonyl (C=O) groups excluding carboxylic acids is 1. The minimum Gasteiger partial charge on any atom is -0.456 e. The van der Waals surface area contributed by atoms with Gasteiger partial charge in [-0.3, -0.25) is 9.69 Å². The maximum atomic E-state index is 12.2. The smallest absolute Gasteiger partial charge is 0.287 e. The zero-order chi connectivity index (χ0) is 15.5. The van der Waals surface area contributed by atoms with Crippen molar-refractivity contribution in [3.05, 3.63) is 33.7 Å². The number of aryl methyl sites for hydroxylation is 2. The third-order valence-corrected chi connectivity index (χ3v) is 4.62. The fraction of sp³-hybridized carbons (Fsp3) is 0.533. The number of amides is 1. The molecule has 0 spiro atoms. The van der Waals surface area contributed by atoms with E-state index in [0.29, 0.717) is 5.76 Å². The molecule has 1 amide bonds. The molecule has 6 nitrogen and oxygen atoms in total. The summed E-state index contributed by atoms with van der Waals surface area (Å²) in [5.74, 6) is 1.11. The summed E-state index contributed by atoms with van der Waals surface area (Å²) in [4.78, 5) is 14.6. The number of nitrogens with one attached hydrogen (secondary N) is 1. The third-order valence-electron chi connectivity index (χ3n) is 3.93. The van der Waals surface area contributed by atoms with Gasteiger partial charge in [-0.25, -0.2) is 0 Å². The number of nitrogens with zero attached hydrogens (tertiary/aromatic N) is 3. The van der Waals surface area contributed by atoms with Gasteiger partial charge in [-0.2, -0.15) is 0 Å². The highest BCUT2D eigenvalue weighted by atomic mass is 32.1. The SMILES string of the molecule is Cc1cc(C)c(C(=O)NC2CCN(Cc3nncs3)CC2)o1. The number of piperidine rings is 1. The molecule has 0 bridgehead atoms. The fourth-order valence-electron chi connectivity index (χ4n) is 2.81. The van der Waals surface area contributed by atoms with E-state index in [2.05, 4.69) is 20.4 Å². The van der Waals surface area contributed by atoms with Gasteiger partial charge in [-0.15, -0.1) is 21.5 Å². The van der Waals surface area contributed by atoms with Gasteiger partial charge in [0.05, 0.1) is 6.54 Å². The van der Waals surface area contributed by atoms with Crippen LogP contribution in [0.25, 0.3) is 0 Å². The number of furan rings is 1. The van der Waals surface area contributed by atoms with Crippen LogP contribution in [-0.4, -0.2) is 40.1 Å². The molecule has 1 fully saturated rings. The Hall–Kier alpha value is -1.73. The molecular formula is C15H20N4O2S. The summed E-state index contributed by atoms with van der Waals surface area (Å²) in [7, 11) is 0. The molecule has 0 aliphatic carbocycles. The molecule has 0 aromatic carbocycles. The summed E-state index contributed by atoms with van der Waals surface area (Å²) in [5.41, 5.74) is 2.65. The van der Waals surface area contributed by atoms with Crippen LogP contribution in [0.3, 0.4) is 0 Å². The maximum Gasteiger partial charge on any atom is 0.287 e. The molecule has 118 valence electrons. The average molecular weight is 320 g/mol. The van der Waals surface area contributed by atoms with Crippen molar-refractivity contribution in [2.75, 3.05) is 13.1 Å². The highest BCUT2D eigenvalue weighted by molar-refractivity contribution is 7.09. The molecule has 2 aromatic rings. The molecule has 7 heteroatoms. The molecular weight excluding hydrogens is 300 g/mol. The average Bonchev–Trinajstić information content (AvgIpc) is 3.10. The lowest BCUT2D eigenvalue weighted by Gasteiger charge is -2.31.